The molecular weight excluding hydrogens is 143 g/mol. The maximum absolute atomic E-state index is 2.29. The van der Waals surface area contributed by atoms with Crippen LogP contribution in [0, 0.1) is 0 Å². The second-order valence-electron chi connectivity index (χ2n) is 4.50. The zero-order valence-corrected chi connectivity index (χ0v) is 8.46. The van der Waals surface area contributed by atoms with Crippen LogP contribution < -0.4 is 5.46 Å². The fourth-order valence-electron chi connectivity index (χ4n) is 1.24. The first-order valence-electron chi connectivity index (χ1n) is 4.57. The Morgan fingerprint density at radius 2 is 1.50 bits per heavy atom. The minimum absolute atomic E-state index is 0.362. The molecule has 0 fully saturated rings. The number of hydrogen-bond donors (Lipinski definition) is 0. The Labute approximate surface area is 76.1 Å². The molecule has 0 saturated heterocycles. The van der Waals surface area contributed by atoms with E-state index in [1.54, 1.807) is 0 Å². The third kappa shape index (κ3) is 2.13. The first-order chi connectivity index (χ1) is 5.52. The molecule has 12 heavy (non-hydrogen) atoms. The number of hydrogen-bond acceptors (Lipinski definition) is 0. The summed E-state index contributed by atoms with van der Waals surface area (Å²) in [6.07, 6.45) is 0. The van der Waals surface area contributed by atoms with Gasteiger partial charge in [0.2, 0.25) is 0 Å². The standard InChI is InChI=1S/C11H17B/c1-11(2,3)12(4)10-8-6-5-7-9-10/h5-9H,1-4H3. The highest BCUT2D eigenvalue weighted by atomic mass is 14.0. The van der Waals surface area contributed by atoms with Crippen LogP contribution in [0.5, 0.6) is 0 Å². The molecule has 0 unspecified atom stereocenters. The van der Waals surface area contributed by atoms with Crippen molar-refractivity contribution in [3.8, 4) is 0 Å². The number of rotatable bonds is 1. The van der Waals surface area contributed by atoms with Crippen LogP contribution >= 0.6 is 0 Å². The third-order valence-corrected chi connectivity index (χ3v) is 2.60. The highest BCUT2D eigenvalue weighted by Crippen LogP contribution is 2.26. The van der Waals surface area contributed by atoms with E-state index in [1.165, 1.54) is 5.46 Å². The molecule has 0 N–H and O–H groups in total. The van der Waals surface area contributed by atoms with Crippen molar-refractivity contribution < 1.29 is 0 Å². The first kappa shape index (κ1) is 9.37. The van der Waals surface area contributed by atoms with Gasteiger partial charge in [0, 0.05) is 0 Å². The van der Waals surface area contributed by atoms with E-state index < -0.39 is 0 Å². The van der Waals surface area contributed by atoms with Crippen LogP contribution in [0.15, 0.2) is 30.3 Å². The summed E-state index contributed by atoms with van der Waals surface area (Å²) < 4.78 is 0. The summed E-state index contributed by atoms with van der Waals surface area (Å²) in [6.45, 7) is 9.76. The largest absolute Gasteiger partial charge is 0.178 e. The van der Waals surface area contributed by atoms with E-state index in [0.717, 1.165) is 0 Å². The van der Waals surface area contributed by atoms with Crippen molar-refractivity contribution in [2.24, 2.45) is 0 Å². The molecule has 0 aliphatic rings. The van der Waals surface area contributed by atoms with E-state index in [4.69, 9.17) is 0 Å². The summed E-state index contributed by atoms with van der Waals surface area (Å²) >= 11 is 0. The van der Waals surface area contributed by atoms with E-state index in [2.05, 4.69) is 57.9 Å². The summed E-state index contributed by atoms with van der Waals surface area (Å²) in [5.74, 6) is 0. The van der Waals surface area contributed by atoms with Crippen LogP contribution in [0.1, 0.15) is 20.8 Å². The number of benzene rings is 1. The van der Waals surface area contributed by atoms with Crippen molar-refractivity contribution >= 4 is 12.2 Å². The molecule has 0 nitrogen and oxygen atoms in total. The van der Waals surface area contributed by atoms with E-state index in [0.29, 0.717) is 12.0 Å². The Hall–Kier alpha value is -0.715. The Morgan fingerprint density at radius 1 is 1.00 bits per heavy atom. The normalized spacial score (nSPS) is 11.3. The average Bonchev–Trinajstić information content (AvgIpc) is 2.03. The van der Waals surface area contributed by atoms with Gasteiger partial charge in [-0.15, -0.1) is 0 Å². The SMILES string of the molecule is CB(c1ccccc1)C(C)(C)C. The minimum atomic E-state index is 0.362. The molecule has 0 amide bonds. The van der Waals surface area contributed by atoms with Crippen LogP contribution in [0.4, 0.5) is 0 Å². The molecule has 0 aromatic heterocycles. The average molecular weight is 160 g/mol. The van der Waals surface area contributed by atoms with Gasteiger partial charge in [-0.3, -0.25) is 0 Å². The summed E-state index contributed by atoms with van der Waals surface area (Å²) in [5.41, 5.74) is 1.44. The van der Waals surface area contributed by atoms with Crippen molar-refractivity contribution in [3.63, 3.8) is 0 Å². The van der Waals surface area contributed by atoms with Gasteiger partial charge in [0.25, 0.3) is 0 Å². The van der Waals surface area contributed by atoms with Crippen LogP contribution in [0.2, 0.25) is 12.1 Å². The summed E-state index contributed by atoms with van der Waals surface area (Å²) in [6, 6.07) is 10.7. The summed E-state index contributed by atoms with van der Waals surface area (Å²) in [5, 5.41) is 0.362. The Morgan fingerprint density at radius 3 is 1.92 bits per heavy atom. The van der Waals surface area contributed by atoms with Crippen molar-refractivity contribution in [1.82, 2.24) is 0 Å². The monoisotopic (exact) mass is 160 g/mol. The van der Waals surface area contributed by atoms with E-state index in [1.807, 2.05) is 0 Å². The van der Waals surface area contributed by atoms with Gasteiger partial charge in [-0.05, 0) is 0 Å². The van der Waals surface area contributed by atoms with Crippen LogP contribution in [-0.2, 0) is 0 Å². The topological polar surface area (TPSA) is 0 Å². The maximum Gasteiger partial charge on any atom is 0.178 e. The maximum atomic E-state index is 2.29. The second-order valence-corrected chi connectivity index (χ2v) is 4.50. The molecule has 0 radical (unpaired) electrons. The van der Waals surface area contributed by atoms with Gasteiger partial charge < -0.3 is 0 Å². The molecule has 1 aromatic rings. The molecule has 0 atom stereocenters. The molecule has 1 aromatic carbocycles. The van der Waals surface area contributed by atoms with Gasteiger partial charge in [-0.25, -0.2) is 0 Å². The lowest BCUT2D eigenvalue weighted by atomic mass is 9.33. The van der Waals surface area contributed by atoms with E-state index >= 15 is 0 Å². The molecule has 1 heteroatoms. The predicted molar refractivity (Wildman–Crippen MR) is 57.4 cm³/mol. The molecule has 64 valence electrons. The van der Waals surface area contributed by atoms with Gasteiger partial charge in [0.15, 0.2) is 6.71 Å². The molecule has 1 rings (SSSR count). The smallest absolute Gasteiger partial charge is 0.0813 e. The third-order valence-electron chi connectivity index (χ3n) is 2.60. The highest BCUT2D eigenvalue weighted by molar-refractivity contribution is 6.74. The summed E-state index contributed by atoms with van der Waals surface area (Å²) in [4.78, 5) is 0. The van der Waals surface area contributed by atoms with Crippen molar-refractivity contribution in [3.05, 3.63) is 30.3 Å². The van der Waals surface area contributed by atoms with Crippen molar-refractivity contribution in [2.75, 3.05) is 0 Å². The molecule has 0 aliphatic carbocycles. The molecular formula is C11H17B. The lowest BCUT2D eigenvalue weighted by Gasteiger charge is -2.24. The van der Waals surface area contributed by atoms with Crippen LogP contribution in [-0.4, -0.2) is 6.71 Å². The summed E-state index contributed by atoms with van der Waals surface area (Å²) in [7, 11) is 0. The van der Waals surface area contributed by atoms with Crippen LogP contribution in [0.3, 0.4) is 0 Å². The van der Waals surface area contributed by atoms with Crippen molar-refractivity contribution in [1.29, 1.82) is 0 Å². The molecule has 0 heterocycles. The fourth-order valence-corrected chi connectivity index (χ4v) is 1.24. The van der Waals surface area contributed by atoms with E-state index in [-0.39, 0.29) is 0 Å². The Balaban J connectivity index is 2.86. The van der Waals surface area contributed by atoms with Crippen molar-refractivity contribution in [2.45, 2.75) is 32.9 Å². The van der Waals surface area contributed by atoms with Gasteiger partial charge in [-0.2, -0.15) is 0 Å². The zero-order chi connectivity index (χ0) is 9.19. The van der Waals surface area contributed by atoms with Gasteiger partial charge in [-0.1, -0.05) is 68.7 Å². The molecule has 0 spiro atoms. The predicted octanol–water partition coefficient (Wildman–Crippen LogP) is 2.82. The molecule has 0 saturated carbocycles. The zero-order valence-electron chi connectivity index (χ0n) is 8.46. The Bertz CT molecular complexity index is 233. The van der Waals surface area contributed by atoms with Gasteiger partial charge in [0.1, 0.15) is 0 Å². The van der Waals surface area contributed by atoms with Gasteiger partial charge >= 0.3 is 0 Å². The van der Waals surface area contributed by atoms with E-state index in [9.17, 15) is 0 Å². The Kier molecular flexibility index (Phi) is 2.61. The van der Waals surface area contributed by atoms with Crippen LogP contribution in [0.25, 0.3) is 0 Å². The quantitative estimate of drug-likeness (QED) is 0.554. The minimum Gasteiger partial charge on any atom is -0.0813 e. The fraction of sp³-hybridized carbons (Fsp3) is 0.455. The lowest BCUT2D eigenvalue weighted by Crippen LogP contribution is -2.35. The second kappa shape index (κ2) is 3.34. The molecule has 0 bridgehead atoms. The first-order valence-corrected chi connectivity index (χ1v) is 4.57. The lowest BCUT2D eigenvalue weighted by molar-refractivity contribution is 0.746. The molecule has 0 aliphatic heterocycles. The highest BCUT2D eigenvalue weighted by Gasteiger charge is 2.24. The van der Waals surface area contributed by atoms with Gasteiger partial charge in [0.05, 0.1) is 0 Å².